The summed E-state index contributed by atoms with van der Waals surface area (Å²) in [5, 5.41) is 7.51. The molecule has 2 fully saturated rings. The molecule has 2 aliphatic rings. The Labute approximate surface area is 109 Å². The zero-order chi connectivity index (χ0) is 12.2. The smallest absolute Gasteiger partial charge is 0.213 e. The highest BCUT2D eigenvalue weighted by Crippen LogP contribution is 2.40. The summed E-state index contributed by atoms with van der Waals surface area (Å²) in [7, 11) is 0. The maximum atomic E-state index is 4.74. The summed E-state index contributed by atoms with van der Waals surface area (Å²) in [6.07, 6.45) is 12.3. The lowest BCUT2D eigenvalue weighted by atomic mass is 9.69. The molecule has 4 nitrogen and oxygen atoms in total. The second-order valence-electron chi connectivity index (χ2n) is 5.87. The van der Waals surface area contributed by atoms with Crippen molar-refractivity contribution in [3.05, 3.63) is 12.2 Å². The molecule has 3 atom stereocenters. The molecule has 3 rings (SSSR count). The lowest BCUT2D eigenvalue weighted by Crippen LogP contribution is -2.39. The molecule has 1 aromatic heterocycles. The first-order valence-electron chi connectivity index (χ1n) is 7.40. The van der Waals surface area contributed by atoms with Crippen LogP contribution < -0.4 is 5.32 Å². The standard InChI is InChI=1S/C14H23N3O/c1-2-4-12-9-13(6-5-11(12)3-1)15-8-7-14-16-10-18-17-14/h10-13,15H,1-9H2. The van der Waals surface area contributed by atoms with Crippen molar-refractivity contribution >= 4 is 0 Å². The summed E-state index contributed by atoms with van der Waals surface area (Å²) in [4.78, 5) is 4.05. The summed E-state index contributed by atoms with van der Waals surface area (Å²) < 4.78 is 4.74. The highest BCUT2D eigenvalue weighted by molar-refractivity contribution is 4.87. The highest BCUT2D eigenvalue weighted by Gasteiger charge is 2.31. The Kier molecular flexibility index (Phi) is 3.93. The molecule has 0 bridgehead atoms. The first-order chi connectivity index (χ1) is 8.92. The molecular formula is C14H23N3O. The number of hydrogen-bond acceptors (Lipinski definition) is 4. The van der Waals surface area contributed by atoms with Crippen molar-refractivity contribution < 1.29 is 4.52 Å². The van der Waals surface area contributed by atoms with Crippen LogP contribution in [0.5, 0.6) is 0 Å². The molecule has 4 heteroatoms. The maximum absolute atomic E-state index is 4.74. The zero-order valence-corrected chi connectivity index (χ0v) is 11.0. The van der Waals surface area contributed by atoms with Crippen LogP contribution in [0.25, 0.3) is 0 Å². The van der Waals surface area contributed by atoms with E-state index >= 15 is 0 Å². The summed E-state index contributed by atoms with van der Waals surface area (Å²) in [6.45, 7) is 0.974. The number of aromatic nitrogens is 2. The molecule has 0 spiro atoms. The summed E-state index contributed by atoms with van der Waals surface area (Å²) in [6, 6.07) is 0.719. The minimum absolute atomic E-state index is 0.719. The Morgan fingerprint density at radius 1 is 1.17 bits per heavy atom. The van der Waals surface area contributed by atoms with Gasteiger partial charge in [0.15, 0.2) is 5.82 Å². The number of nitrogens with zero attached hydrogens (tertiary/aromatic N) is 2. The molecule has 0 aliphatic heterocycles. The molecule has 100 valence electrons. The zero-order valence-electron chi connectivity index (χ0n) is 11.0. The molecule has 0 aromatic carbocycles. The van der Waals surface area contributed by atoms with E-state index in [9.17, 15) is 0 Å². The first kappa shape index (κ1) is 12.2. The van der Waals surface area contributed by atoms with Crippen molar-refractivity contribution in [2.45, 2.75) is 57.4 Å². The fourth-order valence-electron chi connectivity index (χ4n) is 3.75. The van der Waals surface area contributed by atoms with E-state index in [1.165, 1.54) is 51.3 Å². The Morgan fingerprint density at radius 3 is 2.89 bits per heavy atom. The predicted octanol–water partition coefficient (Wildman–Crippen LogP) is 2.56. The van der Waals surface area contributed by atoms with Gasteiger partial charge in [0.05, 0.1) is 0 Å². The van der Waals surface area contributed by atoms with Gasteiger partial charge in [0.2, 0.25) is 6.39 Å². The van der Waals surface area contributed by atoms with Gasteiger partial charge in [-0.15, -0.1) is 0 Å². The molecule has 18 heavy (non-hydrogen) atoms. The van der Waals surface area contributed by atoms with Crippen LogP contribution in [0.4, 0.5) is 0 Å². The lowest BCUT2D eigenvalue weighted by molar-refractivity contribution is 0.144. The number of nitrogens with one attached hydrogen (secondary N) is 1. The third-order valence-corrected chi connectivity index (χ3v) is 4.73. The van der Waals surface area contributed by atoms with Crippen LogP contribution in [0.15, 0.2) is 10.9 Å². The molecule has 3 unspecified atom stereocenters. The third kappa shape index (κ3) is 2.91. The van der Waals surface area contributed by atoms with Gasteiger partial charge < -0.3 is 9.84 Å². The fourth-order valence-corrected chi connectivity index (χ4v) is 3.75. The van der Waals surface area contributed by atoms with Crippen molar-refractivity contribution in [1.82, 2.24) is 15.5 Å². The molecule has 1 N–H and O–H groups in total. The van der Waals surface area contributed by atoms with Gasteiger partial charge in [0, 0.05) is 19.0 Å². The van der Waals surface area contributed by atoms with Gasteiger partial charge in [-0.1, -0.05) is 30.8 Å². The predicted molar refractivity (Wildman–Crippen MR) is 69.1 cm³/mol. The van der Waals surface area contributed by atoms with Crippen molar-refractivity contribution in [3.8, 4) is 0 Å². The van der Waals surface area contributed by atoms with Crippen LogP contribution in [-0.4, -0.2) is 22.7 Å². The van der Waals surface area contributed by atoms with Gasteiger partial charge in [-0.2, -0.15) is 4.98 Å². The van der Waals surface area contributed by atoms with Crippen molar-refractivity contribution in [2.75, 3.05) is 6.54 Å². The van der Waals surface area contributed by atoms with E-state index in [2.05, 4.69) is 15.5 Å². The highest BCUT2D eigenvalue weighted by atomic mass is 16.5. The van der Waals surface area contributed by atoms with E-state index in [-0.39, 0.29) is 0 Å². The average Bonchev–Trinajstić information content (AvgIpc) is 2.92. The van der Waals surface area contributed by atoms with Crippen LogP contribution in [0.3, 0.4) is 0 Å². The van der Waals surface area contributed by atoms with E-state index in [0.717, 1.165) is 36.7 Å². The molecule has 2 saturated carbocycles. The quantitative estimate of drug-likeness (QED) is 0.891. The number of rotatable bonds is 4. The van der Waals surface area contributed by atoms with E-state index < -0.39 is 0 Å². The number of fused-ring (bicyclic) bond motifs is 1. The van der Waals surface area contributed by atoms with E-state index in [0.29, 0.717) is 0 Å². The topological polar surface area (TPSA) is 51.0 Å². The molecule has 1 heterocycles. The van der Waals surface area contributed by atoms with E-state index in [1.807, 2.05) is 0 Å². The monoisotopic (exact) mass is 249 g/mol. The molecule has 0 amide bonds. The molecule has 1 aromatic rings. The minimum Gasteiger partial charge on any atom is -0.343 e. The van der Waals surface area contributed by atoms with Crippen LogP contribution in [0.1, 0.15) is 50.8 Å². The van der Waals surface area contributed by atoms with Crippen molar-refractivity contribution in [3.63, 3.8) is 0 Å². The van der Waals surface area contributed by atoms with E-state index in [1.54, 1.807) is 0 Å². The molecule has 0 saturated heterocycles. The van der Waals surface area contributed by atoms with Gasteiger partial charge in [0.25, 0.3) is 0 Å². The Balaban J connectivity index is 1.41. The van der Waals surface area contributed by atoms with Crippen LogP contribution in [0.2, 0.25) is 0 Å². The van der Waals surface area contributed by atoms with E-state index in [4.69, 9.17) is 4.52 Å². The molecule has 0 radical (unpaired) electrons. The maximum Gasteiger partial charge on any atom is 0.213 e. The van der Waals surface area contributed by atoms with Gasteiger partial charge in [-0.25, -0.2) is 0 Å². The second-order valence-corrected chi connectivity index (χ2v) is 5.87. The second kappa shape index (κ2) is 5.83. The first-order valence-corrected chi connectivity index (χ1v) is 7.40. The largest absolute Gasteiger partial charge is 0.343 e. The van der Waals surface area contributed by atoms with Gasteiger partial charge >= 0.3 is 0 Å². The Morgan fingerprint density at radius 2 is 2.06 bits per heavy atom. The van der Waals surface area contributed by atoms with Crippen LogP contribution in [-0.2, 0) is 6.42 Å². The summed E-state index contributed by atoms with van der Waals surface area (Å²) in [5.41, 5.74) is 0. The van der Waals surface area contributed by atoms with Crippen LogP contribution in [0, 0.1) is 11.8 Å². The van der Waals surface area contributed by atoms with Gasteiger partial charge in [-0.3, -0.25) is 0 Å². The minimum atomic E-state index is 0.719. The normalized spacial score (nSPS) is 32.1. The number of hydrogen-bond donors (Lipinski definition) is 1. The van der Waals surface area contributed by atoms with Crippen molar-refractivity contribution in [1.29, 1.82) is 0 Å². The fraction of sp³-hybridized carbons (Fsp3) is 0.857. The lowest BCUT2D eigenvalue weighted by Gasteiger charge is -2.39. The molecular weight excluding hydrogens is 226 g/mol. The van der Waals surface area contributed by atoms with Gasteiger partial charge in [-0.05, 0) is 31.1 Å². The third-order valence-electron chi connectivity index (χ3n) is 4.73. The molecule has 2 aliphatic carbocycles. The van der Waals surface area contributed by atoms with Crippen molar-refractivity contribution in [2.24, 2.45) is 11.8 Å². The average molecular weight is 249 g/mol. The van der Waals surface area contributed by atoms with Crippen LogP contribution >= 0.6 is 0 Å². The Hall–Kier alpha value is -0.900. The Bertz CT molecular complexity index is 352. The summed E-state index contributed by atoms with van der Waals surface area (Å²) >= 11 is 0. The SMILES string of the molecule is c1nc(CCNC2CCC3CCCCC3C2)no1. The van der Waals surface area contributed by atoms with Gasteiger partial charge in [0.1, 0.15) is 0 Å². The summed E-state index contributed by atoms with van der Waals surface area (Å²) in [5.74, 6) is 2.85.